The minimum Gasteiger partial charge on any atom is -0.492 e. The first kappa shape index (κ1) is 15.8. The summed E-state index contributed by atoms with van der Waals surface area (Å²) in [5.74, 6) is 5.97. The average Bonchev–Trinajstić information content (AvgIpc) is 2.39. The Morgan fingerprint density at radius 3 is 2.74 bits per heavy atom. The molecule has 1 rings (SSSR count). The van der Waals surface area contributed by atoms with Gasteiger partial charge in [-0.2, -0.15) is 0 Å². The lowest BCUT2D eigenvalue weighted by Crippen LogP contribution is -2.29. The van der Waals surface area contributed by atoms with E-state index in [1.54, 1.807) is 0 Å². The lowest BCUT2D eigenvalue weighted by atomic mass is 10.0. The van der Waals surface area contributed by atoms with Crippen LogP contribution in [0.3, 0.4) is 0 Å². The lowest BCUT2D eigenvalue weighted by Gasteiger charge is -2.11. The van der Waals surface area contributed by atoms with Gasteiger partial charge in [0.15, 0.2) is 0 Å². The minimum absolute atomic E-state index is 0.153. The molecule has 0 saturated heterocycles. The predicted molar refractivity (Wildman–Crippen MR) is 77.2 cm³/mol. The van der Waals surface area contributed by atoms with Crippen LogP contribution in [0.5, 0.6) is 5.75 Å². The van der Waals surface area contributed by atoms with Gasteiger partial charge in [0.2, 0.25) is 5.91 Å². The quantitative estimate of drug-likeness (QED) is 0.350. The molecule has 19 heavy (non-hydrogen) atoms. The van der Waals surface area contributed by atoms with E-state index in [1.807, 2.05) is 18.2 Å². The third-order valence-electron chi connectivity index (χ3n) is 2.84. The number of ether oxygens (including phenoxy) is 1. The molecule has 0 aliphatic heterocycles. The normalized spacial score (nSPS) is 10.6. The summed E-state index contributed by atoms with van der Waals surface area (Å²) >= 11 is 6.15. The average molecular weight is 285 g/mol. The first-order valence-corrected chi connectivity index (χ1v) is 6.84. The van der Waals surface area contributed by atoms with Crippen LogP contribution in [-0.4, -0.2) is 12.5 Å². The Balaban J connectivity index is 2.35. The number of hydrogen-bond donors (Lipinski definition) is 2. The van der Waals surface area contributed by atoms with Crippen molar-refractivity contribution in [2.75, 3.05) is 6.61 Å². The van der Waals surface area contributed by atoms with Gasteiger partial charge in [0.05, 0.1) is 11.6 Å². The van der Waals surface area contributed by atoms with Crippen LogP contribution in [0.15, 0.2) is 18.2 Å². The SMILES string of the molecule is CC(C)c1ccc(OCCCCC(=O)NN)c(Cl)c1. The van der Waals surface area contributed by atoms with Crippen LogP contribution < -0.4 is 16.0 Å². The van der Waals surface area contributed by atoms with E-state index in [2.05, 4.69) is 19.3 Å². The zero-order valence-electron chi connectivity index (χ0n) is 11.4. The maximum Gasteiger partial charge on any atom is 0.233 e. The second-order valence-corrected chi connectivity index (χ2v) is 5.12. The Morgan fingerprint density at radius 1 is 1.42 bits per heavy atom. The van der Waals surface area contributed by atoms with E-state index < -0.39 is 0 Å². The van der Waals surface area contributed by atoms with E-state index in [9.17, 15) is 4.79 Å². The summed E-state index contributed by atoms with van der Waals surface area (Å²) in [4.78, 5) is 10.9. The molecule has 3 N–H and O–H groups in total. The topological polar surface area (TPSA) is 64.3 Å². The van der Waals surface area contributed by atoms with Crippen molar-refractivity contribution in [2.45, 2.75) is 39.0 Å². The summed E-state index contributed by atoms with van der Waals surface area (Å²) in [6.07, 6.45) is 1.94. The van der Waals surface area contributed by atoms with E-state index in [1.165, 1.54) is 5.56 Å². The zero-order chi connectivity index (χ0) is 14.3. The molecule has 0 aliphatic rings. The van der Waals surface area contributed by atoms with E-state index in [0.717, 1.165) is 12.8 Å². The number of benzene rings is 1. The Labute approximate surface area is 119 Å². The molecule has 0 unspecified atom stereocenters. The molecule has 106 valence electrons. The zero-order valence-corrected chi connectivity index (χ0v) is 12.2. The van der Waals surface area contributed by atoms with Crippen LogP contribution in [0, 0.1) is 0 Å². The standard InChI is InChI=1S/C14H21ClN2O2/c1-10(2)11-6-7-13(12(15)9-11)19-8-4-3-5-14(18)17-16/h6-7,9-10H,3-5,8,16H2,1-2H3,(H,17,18). The van der Waals surface area contributed by atoms with Crippen molar-refractivity contribution < 1.29 is 9.53 Å². The third-order valence-corrected chi connectivity index (χ3v) is 3.13. The maximum absolute atomic E-state index is 10.9. The van der Waals surface area contributed by atoms with Crippen molar-refractivity contribution in [3.8, 4) is 5.75 Å². The van der Waals surface area contributed by atoms with Crippen molar-refractivity contribution in [3.63, 3.8) is 0 Å². The number of nitrogens with two attached hydrogens (primary N) is 1. The van der Waals surface area contributed by atoms with Gasteiger partial charge in [-0.15, -0.1) is 0 Å². The molecule has 5 heteroatoms. The van der Waals surface area contributed by atoms with E-state index in [-0.39, 0.29) is 5.91 Å². The number of amides is 1. The van der Waals surface area contributed by atoms with Gasteiger partial charge in [-0.05, 0) is 36.5 Å². The molecule has 0 aliphatic carbocycles. The monoisotopic (exact) mass is 284 g/mol. The smallest absolute Gasteiger partial charge is 0.233 e. The van der Waals surface area contributed by atoms with Gasteiger partial charge in [-0.1, -0.05) is 31.5 Å². The van der Waals surface area contributed by atoms with Crippen molar-refractivity contribution in [2.24, 2.45) is 5.84 Å². The second-order valence-electron chi connectivity index (χ2n) is 4.72. The molecule has 1 aromatic rings. The van der Waals surface area contributed by atoms with Gasteiger partial charge in [0, 0.05) is 6.42 Å². The molecule has 0 radical (unpaired) electrons. The Kier molecular flexibility index (Phi) is 6.67. The molecular weight excluding hydrogens is 264 g/mol. The van der Waals surface area contributed by atoms with Crippen LogP contribution in [0.25, 0.3) is 0 Å². The fourth-order valence-corrected chi connectivity index (χ4v) is 1.88. The van der Waals surface area contributed by atoms with Crippen molar-refractivity contribution in [3.05, 3.63) is 28.8 Å². The van der Waals surface area contributed by atoms with Crippen molar-refractivity contribution in [1.82, 2.24) is 5.43 Å². The molecule has 1 aromatic carbocycles. The highest BCUT2D eigenvalue weighted by molar-refractivity contribution is 6.32. The third kappa shape index (κ3) is 5.49. The van der Waals surface area contributed by atoms with Gasteiger partial charge < -0.3 is 4.74 Å². The van der Waals surface area contributed by atoms with Gasteiger partial charge in [-0.3, -0.25) is 10.2 Å². The number of carbonyl (C=O) groups is 1. The fourth-order valence-electron chi connectivity index (χ4n) is 1.64. The van der Waals surface area contributed by atoms with Gasteiger partial charge in [-0.25, -0.2) is 5.84 Å². The largest absolute Gasteiger partial charge is 0.492 e. The van der Waals surface area contributed by atoms with Crippen LogP contribution in [-0.2, 0) is 4.79 Å². The molecule has 0 heterocycles. The number of rotatable bonds is 7. The van der Waals surface area contributed by atoms with Crippen molar-refractivity contribution in [1.29, 1.82) is 0 Å². The minimum atomic E-state index is -0.153. The van der Waals surface area contributed by atoms with Crippen LogP contribution in [0.1, 0.15) is 44.6 Å². The van der Waals surface area contributed by atoms with Gasteiger partial charge in [0.1, 0.15) is 5.75 Å². The fraction of sp³-hybridized carbons (Fsp3) is 0.500. The Hall–Kier alpha value is -1.26. The van der Waals surface area contributed by atoms with Crippen LogP contribution in [0.4, 0.5) is 0 Å². The first-order valence-electron chi connectivity index (χ1n) is 6.46. The first-order chi connectivity index (χ1) is 9.04. The number of unbranched alkanes of at least 4 members (excludes halogenated alkanes) is 1. The van der Waals surface area contributed by atoms with Crippen molar-refractivity contribution >= 4 is 17.5 Å². The second kappa shape index (κ2) is 8.02. The number of hydrazine groups is 1. The summed E-state index contributed by atoms with van der Waals surface area (Å²) < 4.78 is 5.59. The van der Waals surface area contributed by atoms with E-state index in [0.29, 0.717) is 29.7 Å². The summed E-state index contributed by atoms with van der Waals surface area (Å²) in [7, 11) is 0. The summed E-state index contributed by atoms with van der Waals surface area (Å²) in [6.45, 7) is 4.78. The molecule has 0 atom stereocenters. The molecule has 0 fully saturated rings. The number of halogens is 1. The van der Waals surface area contributed by atoms with E-state index in [4.69, 9.17) is 22.2 Å². The van der Waals surface area contributed by atoms with Crippen LogP contribution >= 0.6 is 11.6 Å². The van der Waals surface area contributed by atoms with Gasteiger partial charge in [0.25, 0.3) is 0 Å². The maximum atomic E-state index is 10.9. The molecular formula is C14H21ClN2O2. The highest BCUT2D eigenvalue weighted by atomic mass is 35.5. The molecule has 1 amide bonds. The Bertz CT molecular complexity index is 422. The number of carbonyl (C=O) groups excluding carboxylic acids is 1. The highest BCUT2D eigenvalue weighted by Crippen LogP contribution is 2.28. The number of nitrogens with one attached hydrogen (secondary N) is 1. The molecule has 0 bridgehead atoms. The molecule has 0 saturated carbocycles. The van der Waals surface area contributed by atoms with Gasteiger partial charge >= 0.3 is 0 Å². The predicted octanol–water partition coefficient (Wildman–Crippen LogP) is 3.00. The molecule has 4 nitrogen and oxygen atoms in total. The Morgan fingerprint density at radius 2 is 2.16 bits per heavy atom. The van der Waals surface area contributed by atoms with E-state index >= 15 is 0 Å². The molecule has 0 aromatic heterocycles. The molecule has 0 spiro atoms. The number of hydrogen-bond acceptors (Lipinski definition) is 3. The highest BCUT2D eigenvalue weighted by Gasteiger charge is 2.06. The summed E-state index contributed by atoms with van der Waals surface area (Å²) in [5.41, 5.74) is 3.29. The summed E-state index contributed by atoms with van der Waals surface area (Å²) in [6, 6.07) is 5.85. The summed E-state index contributed by atoms with van der Waals surface area (Å²) in [5, 5.41) is 0.630. The van der Waals surface area contributed by atoms with Crippen LogP contribution in [0.2, 0.25) is 5.02 Å². The lowest BCUT2D eigenvalue weighted by molar-refractivity contribution is -0.121.